The van der Waals surface area contributed by atoms with Gasteiger partial charge in [0.2, 0.25) is 0 Å². The number of alkyl halides is 3. The molecule has 2 aromatic heterocycles. The van der Waals surface area contributed by atoms with Crippen LogP contribution in [0.2, 0.25) is 0 Å². The van der Waals surface area contributed by atoms with Crippen molar-refractivity contribution in [2.24, 2.45) is 0 Å². The van der Waals surface area contributed by atoms with Crippen LogP contribution in [-0.2, 0) is 6.18 Å². The lowest BCUT2D eigenvalue weighted by molar-refractivity contribution is -0.137. The maximum atomic E-state index is 13.2. The van der Waals surface area contributed by atoms with Gasteiger partial charge in [0.1, 0.15) is 0 Å². The molecule has 160 valence electrons. The highest BCUT2D eigenvalue weighted by molar-refractivity contribution is 6.06. The molecular weight excluding hydrogens is 407 g/mol. The van der Waals surface area contributed by atoms with E-state index < -0.39 is 17.3 Å². The maximum Gasteiger partial charge on any atom is 0.417 e. The Morgan fingerprint density at radius 3 is 2.61 bits per heavy atom. The molecule has 31 heavy (non-hydrogen) atoms. The second kappa shape index (κ2) is 8.30. The van der Waals surface area contributed by atoms with Gasteiger partial charge in [0.25, 0.3) is 5.91 Å². The standard InChI is InChI=1S/C22H20F3N5O/c23-22(24,25)19-9-16(2-1-13(19)10-26)29-14-3-5-15(6-4-14)30-21(31)18-11-28-20-12-27-8-7-17(18)20/h1-2,7-9,11-12,14-15,28-29H,3-6H2,(H,30,31). The van der Waals surface area contributed by atoms with Crippen molar-refractivity contribution in [3.63, 3.8) is 0 Å². The Hall–Kier alpha value is -3.54. The van der Waals surface area contributed by atoms with Gasteiger partial charge in [-0.1, -0.05) is 0 Å². The van der Waals surface area contributed by atoms with E-state index in [1.54, 1.807) is 30.7 Å². The minimum Gasteiger partial charge on any atom is -0.382 e. The molecule has 0 spiro atoms. The largest absolute Gasteiger partial charge is 0.417 e. The van der Waals surface area contributed by atoms with E-state index in [1.165, 1.54) is 12.1 Å². The Morgan fingerprint density at radius 2 is 1.90 bits per heavy atom. The molecular formula is C22H20F3N5O. The summed E-state index contributed by atoms with van der Waals surface area (Å²) in [5, 5.41) is 15.9. The number of hydrogen-bond donors (Lipinski definition) is 3. The van der Waals surface area contributed by atoms with Crippen LogP contribution in [0.15, 0.2) is 42.9 Å². The van der Waals surface area contributed by atoms with Crippen molar-refractivity contribution in [3.8, 4) is 6.07 Å². The number of nitrogens with zero attached hydrogens (tertiary/aromatic N) is 2. The van der Waals surface area contributed by atoms with Crippen molar-refractivity contribution < 1.29 is 18.0 Å². The van der Waals surface area contributed by atoms with Crippen LogP contribution in [0.1, 0.15) is 47.2 Å². The first-order valence-electron chi connectivity index (χ1n) is 9.95. The molecule has 0 radical (unpaired) electrons. The van der Waals surface area contributed by atoms with Crippen molar-refractivity contribution in [2.45, 2.75) is 43.9 Å². The number of fused-ring (bicyclic) bond motifs is 1. The van der Waals surface area contributed by atoms with Gasteiger partial charge in [0, 0.05) is 35.6 Å². The van der Waals surface area contributed by atoms with Crippen LogP contribution < -0.4 is 10.6 Å². The zero-order valence-electron chi connectivity index (χ0n) is 16.5. The summed E-state index contributed by atoms with van der Waals surface area (Å²) in [7, 11) is 0. The Balaban J connectivity index is 1.35. The fourth-order valence-corrected chi connectivity index (χ4v) is 4.01. The van der Waals surface area contributed by atoms with E-state index in [9.17, 15) is 18.0 Å². The molecule has 0 atom stereocenters. The minimum atomic E-state index is -4.58. The van der Waals surface area contributed by atoms with Gasteiger partial charge in [-0.3, -0.25) is 9.78 Å². The number of aromatic nitrogens is 2. The molecule has 6 nitrogen and oxygen atoms in total. The van der Waals surface area contributed by atoms with Gasteiger partial charge in [-0.15, -0.1) is 0 Å². The van der Waals surface area contributed by atoms with Gasteiger partial charge < -0.3 is 15.6 Å². The number of halogens is 3. The van der Waals surface area contributed by atoms with Gasteiger partial charge in [-0.05, 0) is 49.9 Å². The molecule has 1 aromatic carbocycles. The first-order valence-corrected chi connectivity index (χ1v) is 9.95. The van der Waals surface area contributed by atoms with Gasteiger partial charge in [0.05, 0.1) is 34.5 Å². The number of carbonyl (C=O) groups is 1. The molecule has 4 rings (SSSR count). The first kappa shape index (κ1) is 20.7. The quantitative estimate of drug-likeness (QED) is 0.567. The third-order valence-electron chi connectivity index (χ3n) is 5.61. The summed E-state index contributed by atoms with van der Waals surface area (Å²) < 4.78 is 39.5. The summed E-state index contributed by atoms with van der Waals surface area (Å²) in [6.45, 7) is 0. The fourth-order valence-electron chi connectivity index (χ4n) is 4.01. The molecule has 0 unspecified atom stereocenters. The molecule has 1 amide bonds. The highest BCUT2D eigenvalue weighted by Gasteiger charge is 2.34. The number of H-pyrrole nitrogens is 1. The van der Waals surface area contributed by atoms with Crippen LogP contribution in [0.4, 0.5) is 18.9 Å². The van der Waals surface area contributed by atoms with Gasteiger partial charge in [0.15, 0.2) is 0 Å². The third-order valence-corrected chi connectivity index (χ3v) is 5.61. The van der Waals surface area contributed by atoms with Crippen molar-refractivity contribution >= 4 is 22.5 Å². The third kappa shape index (κ3) is 4.48. The van der Waals surface area contributed by atoms with Gasteiger partial charge >= 0.3 is 6.18 Å². The average molecular weight is 427 g/mol. The zero-order chi connectivity index (χ0) is 22.0. The van der Waals surface area contributed by atoms with E-state index in [4.69, 9.17) is 5.26 Å². The topological polar surface area (TPSA) is 93.6 Å². The number of carbonyl (C=O) groups excluding carboxylic acids is 1. The molecule has 0 aliphatic heterocycles. The summed E-state index contributed by atoms with van der Waals surface area (Å²) in [4.78, 5) is 19.7. The highest BCUT2D eigenvalue weighted by atomic mass is 19.4. The summed E-state index contributed by atoms with van der Waals surface area (Å²) >= 11 is 0. The number of benzene rings is 1. The minimum absolute atomic E-state index is 0.00124. The molecule has 9 heteroatoms. The normalized spacial score (nSPS) is 19.0. The van der Waals surface area contributed by atoms with Crippen LogP contribution in [0, 0.1) is 11.3 Å². The number of amides is 1. The Morgan fingerprint density at radius 1 is 1.16 bits per heavy atom. The van der Waals surface area contributed by atoms with E-state index in [0.29, 0.717) is 24.1 Å². The Kier molecular flexibility index (Phi) is 5.55. The van der Waals surface area contributed by atoms with Gasteiger partial charge in [-0.25, -0.2) is 0 Å². The Bertz CT molecular complexity index is 1140. The van der Waals surface area contributed by atoms with Crippen LogP contribution in [0.25, 0.3) is 10.9 Å². The fraction of sp³-hybridized carbons (Fsp3) is 0.318. The molecule has 1 aliphatic carbocycles. The first-order chi connectivity index (χ1) is 14.8. The maximum absolute atomic E-state index is 13.2. The number of pyridine rings is 1. The molecule has 0 bridgehead atoms. The van der Waals surface area contributed by atoms with E-state index in [0.717, 1.165) is 29.8 Å². The van der Waals surface area contributed by atoms with E-state index >= 15 is 0 Å². The number of nitriles is 1. The van der Waals surface area contributed by atoms with Gasteiger partial charge in [-0.2, -0.15) is 18.4 Å². The lowest BCUT2D eigenvalue weighted by Gasteiger charge is -2.30. The second-order valence-corrected chi connectivity index (χ2v) is 7.66. The van der Waals surface area contributed by atoms with E-state index in [2.05, 4.69) is 20.6 Å². The molecule has 3 N–H and O–H groups in total. The van der Waals surface area contributed by atoms with Crippen LogP contribution in [0.3, 0.4) is 0 Å². The van der Waals surface area contributed by atoms with Crippen LogP contribution in [0.5, 0.6) is 0 Å². The average Bonchev–Trinajstić information content (AvgIpc) is 3.19. The molecule has 0 saturated heterocycles. The lowest BCUT2D eigenvalue weighted by atomic mass is 9.90. The van der Waals surface area contributed by atoms with Crippen LogP contribution in [-0.4, -0.2) is 28.0 Å². The van der Waals surface area contributed by atoms with E-state index in [-0.39, 0.29) is 18.0 Å². The molecule has 1 saturated carbocycles. The number of rotatable bonds is 4. The second-order valence-electron chi connectivity index (χ2n) is 7.66. The van der Waals surface area contributed by atoms with Crippen molar-refractivity contribution in [1.82, 2.24) is 15.3 Å². The summed E-state index contributed by atoms with van der Waals surface area (Å²) in [5.74, 6) is -0.157. The lowest BCUT2D eigenvalue weighted by Crippen LogP contribution is -2.40. The SMILES string of the molecule is N#Cc1ccc(NC2CCC(NC(=O)c3c[nH]c4cnccc34)CC2)cc1C(F)(F)F. The van der Waals surface area contributed by atoms with Crippen molar-refractivity contribution in [3.05, 3.63) is 59.5 Å². The summed E-state index contributed by atoms with van der Waals surface area (Å²) in [5.41, 5.74) is 0.370. The number of aromatic amines is 1. The van der Waals surface area contributed by atoms with Crippen molar-refractivity contribution in [2.75, 3.05) is 5.32 Å². The molecule has 1 fully saturated rings. The van der Waals surface area contributed by atoms with E-state index in [1.807, 2.05) is 0 Å². The number of anilines is 1. The monoisotopic (exact) mass is 427 g/mol. The number of hydrogen-bond acceptors (Lipinski definition) is 4. The zero-order valence-corrected chi connectivity index (χ0v) is 16.5. The molecule has 1 aliphatic rings. The molecule has 2 heterocycles. The van der Waals surface area contributed by atoms with Crippen LogP contribution >= 0.6 is 0 Å². The van der Waals surface area contributed by atoms with Crippen molar-refractivity contribution in [1.29, 1.82) is 5.26 Å². The summed E-state index contributed by atoms with van der Waals surface area (Å²) in [6.07, 6.45) is 3.24. The smallest absolute Gasteiger partial charge is 0.382 e. The number of nitrogens with one attached hydrogen (secondary N) is 3. The predicted molar refractivity (Wildman–Crippen MR) is 109 cm³/mol. The Labute approximate surface area is 176 Å². The summed E-state index contributed by atoms with van der Waals surface area (Å²) in [6, 6.07) is 7.04. The highest BCUT2D eigenvalue weighted by Crippen LogP contribution is 2.34. The molecule has 3 aromatic rings. The predicted octanol–water partition coefficient (Wildman–Crippen LogP) is 4.61.